The molecular weight excluding hydrogens is 203 g/mol. The molecule has 2 heteroatoms. The molecule has 2 unspecified atom stereocenters. The van der Waals surface area contributed by atoms with Crippen molar-refractivity contribution in [2.75, 3.05) is 6.61 Å². The molecule has 0 aliphatic carbocycles. The molecule has 7 heavy (non-hydrogen) atoms. The molecule has 44 valence electrons. The molecule has 0 aliphatic heterocycles. The van der Waals surface area contributed by atoms with Crippen molar-refractivity contribution < 1.29 is 5.11 Å². The molecule has 0 aliphatic rings. The summed E-state index contributed by atoms with van der Waals surface area (Å²) in [6.45, 7) is 4.45. The average molecular weight is 214 g/mol. The Morgan fingerprint density at radius 1 is 1.57 bits per heavy atom. The number of halogens is 1. The zero-order chi connectivity index (χ0) is 5.86. The van der Waals surface area contributed by atoms with Gasteiger partial charge in [-0.1, -0.05) is 36.4 Å². The summed E-state index contributed by atoms with van der Waals surface area (Å²) >= 11 is 2.31. The van der Waals surface area contributed by atoms with Crippen LogP contribution in [0.5, 0.6) is 0 Å². The van der Waals surface area contributed by atoms with Crippen LogP contribution in [0.3, 0.4) is 0 Å². The van der Waals surface area contributed by atoms with Crippen molar-refractivity contribution in [2.24, 2.45) is 5.92 Å². The van der Waals surface area contributed by atoms with E-state index in [0.29, 0.717) is 16.4 Å². The number of rotatable bonds is 2. The smallest absolute Gasteiger partial charge is 0.0466 e. The van der Waals surface area contributed by atoms with Crippen LogP contribution in [0.2, 0.25) is 0 Å². The van der Waals surface area contributed by atoms with Gasteiger partial charge in [-0.05, 0) is 5.92 Å². The highest BCUT2D eigenvalue weighted by molar-refractivity contribution is 14.1. The van der Waals surface area contributed by atoms with Crippen molar-refractivity contribution in [3.05, 3.63) is 0 Å². The topological polar surface area (TPSA) is 20.2 Å². The van der Waals surface area contributed by atoms with Gasteiger partial charge in [0.1, 0.15) is 0 Å². The first-order chi connectivity index (χ1) is 3.18. The fourth-order valence-electron chi connectivity index (χ4n) is 0.145. The van der Waals surface area contributed by atoms with Crippen LogP contribution < -0.4 is 0 Å². The molecule has 0 radical (unpaired) electrons. The lowest BCUT2D eigenvalue weighted by Crippen LogP contribution is -2.09. The zero-order valence-corrected chi connectivity index (χ0v) is 6.84. The van der Waals surface area contributed by atoms with Crippen LogP contribution >= 0.6 is 22.6 Å². The van der Waals surface area contributed by atoms with E-state index < -0.39 is 0 Å². The summed E-state index contributed by atoms with van der Waals surface area (Å²) in [7, 11) is 0. The van der Waals surface area contributed by atoms with Gasteiger partial charge in [0, 0.05) is 10.5 Å². The van der Waals surface area contributed by atoms with Gasteiger partial charge in [0.05, 0.1) is 0 Å². The summed E-state index contributed by atoms with van der Waals surface area (Å²) in [5, 5.41) is 8.50. The van der Waals surface area contributed by atoms with Gasteiger partial charge in [0.25, 0.3) is 0 Å². The highest BCUT2D eigenvalue weighted by Crippen LogP contribution is 2.10. The van der Waals surface area contributed by atoms with Crippen LogP contribution in [0.4, 0.5) is 0 Å². The fraction of sp³-hybridized carbons (Fsp3) is 1.00. The first-order valence-electron chi connectivity index (χ1n) is 2.43. The normalized spacial score (nSPS) is 18.9. The van der Waals surface area contributed by atoms with Crippen LogP contribution in [-0.2, 0) is 0 Å². The molecule has 0 aromatic carbocycles. The van der Waals surface area contributed by atoms with Gasteiger partial charge in [0.2, 0.25) is 0 Å². The van der Waals surface area contributed by atoms with Crippen molar-refractivity contribution in [1.29, 1.82) is 0 Å². The fourth-order valence-corrected chi connectivity index (χ4v) is 0.373. The van der Waals surface area contributed by atoms with Crippen LogP contribution in [0.15, 0.2) is 0 Å². The number of hydrogen-bond donors (Lipinski definition) is 1. The Bertz CT molecular complexity index is 45.3. The van der Waals surface area contributed by atoms with Gasteiger partial charge in [0.15, 0.2) is 0 Å². The Labute approximate surface area is 58.3 Å². The molecule has 1 N–H and O–H groups in total. The number of aliphatic hydroxyl groups excluding tert-OH is 1. The van der Waals surface area contributed by atoms with Crippen molar-refractivity contribution in [1.82, 2.24) is 0 Å². The summed E-state index contributed by atoms with van der Waals surface area (Å²) < 4.78 is 0.586. The molecule has 0 saturated heterocycles. The lowest BCUT2D eigenvalue weighted by atomic mass is 10.1. The maximum Gasteiger partial charge on any atom is 0.0466 e. The summed E-state index contributed by atoms with van der Waals surface area (Å²) in [6, 6.07) is 0. The monoisotopic (exact) mass is 214 g/mol. The third kappa shape index (κ3) is 3.29. The average Bonchev–Trinajstić information content (AvgIpc) is 1.65. The zero-order valence-electron chi connectivity index (χ0n) is 4.69. The standard InChI is InChI=1S/C5H11IO/c1-4(3-7)5(2)6/h4-5,7H,3H2,1-2H3. The number of aliphatic hydroxyl groups is 1. The molecule has 0 saturated carbocycles. The SMILES string of the molecule is CC(I)C(C)CO. The molecule has 0 aromatic rings. The quantitative estimate of drug-likeness (QED) is 0.544. The second-order valence-corrected chi connectivity index (χ2v) is 3.80. The Kier molecular flexibility index (Phi) is 4.02. The van der Waals surface area contributed by atoms with Gasteiger partial charge in [-0.15, -0.1) is 0 Å². The molecule has 0 fully saturated rings. The van der Waals surface area contributed by atoms with E-state index in [1.54, 1.807) is 0 Å². The highest BCUT2D eigenvalue weighted by Gasteiger charge is 2.04. The Hall–Kier alpha value is 0.690. The van der Waals surface area contributed by atoms with E-state index in [4.69, 9.17) is 5.11 Å². The van der Waals surface area contributed by atoms with Crippen molar-refractivity contribution >= 4 is 22.6 Å². The minimum absolute atomic E-state index is 0.310. The summed E-state index contributed by atoms with van der Waals surface area (Å²) in [5.41, 5.74) is 0. The Morgan fingerprint density at radius 2 is 2.00 bits per heavy atom. The first kappa shape index (κ1) is 7.69. The largest absolute Gasteiger partial charge is 0.396 e. The van der Waals surface area contributed by atoms with E-state index in [2.05, 4.69) is 29.5 Å². The van der Waals surface area contributed by atoms with Crippen molar-refractivity contribution in [3.63, 3.8) is 0 Å². The molecule has 0 bridgehead atoms. The predicted octanol–water partition coefficient (Wildman–Crippen LogP) is 1.44. The van der Waals surface area contributed by atoms with Gasteiger partial charge in [-0.2, -0.15) is 0 Å². The second kappa shape index (κ2) is 3.66. The van der Waals surface area contributed by atoms with Crippen LogP contribution in [0.25, 0.3) is 0 Å². The molecule has 2 atom stereocenters. The lowest BCUT2D eigenvalue weighted by molar-refractivity contribution is 0.240. The Morgan fingerprint density at radius 3 is 2.00 bits per heavy atom. The minimum Gasteiger partial charge on any atom is -0.396 e. The van der Waals surface area contributed by atoms with Gasteiger partial charge < -0.3 is 5.11 Å². The molecule has 0 heterocycles. The molecule has 0 spiro atoms. The summed E-state index contributed by atoms with van der Waals surface area (Å²) in [6.07, 6.45) is 0. The highest BCUT2D eigenvalue weighted by atomic mass is 127. The van der Waals surface area contributed by atoms with E-state index in [1.165, 1.54) is 0 Å². The summed E-state index contributed by atoms with van der Waals surface area (Å²) in [4.78, 5) is 0. The van der Waals surface area contributed by atoms with E-state index in [1.807, 2.05) is 6.92 Å². The third-order valence-corrected chi connectivity index (χ3v) is 2.30. The van der Waals surface area contributed by atoms with E-state index in [0.717, 1.165) is 0 Å². The third-order valence-electron chi connectivity index (χ3n) is 1.07. The van der Waals surface area contributed by atoms with Gasteiger partial charge in [-0.25, -0.2) is 0 Å². The van der Waals surface area contributed by atoms with Crippen LogP contribution in [-0.4, -0.2) is 15.6 Å². The van der Waals surface area contributed by atoms with E-state index >= 15 is 0 Å². The molecule has 0 rings (SSSR count). The molecule has 0 aromatic heterocycles. The van der Waals surface area contributed by atoms with Gasteiger partial charge in [-0.3, -0.25) is 0 Å². The minimum atomic E-state index is 0.310. The molecular formula is C5H11IO. The van der Waals surface area contributed by atoms with Crippen LogP contribution in [0, 0.1) is 5.92 Å². The van der Waals surface area contributed by atoms with Crippen molar-refractivity contribution in [3.8, 4) is 0 Å². The molecule has 1 nitrogen and oxygen atoms in total. The number of alkyl halides is 1. The first-order valence-corrected chi connectivity index (χ1v) is 3.68. The van der Waals surface area contributed by atoms with Crippen LogP contribution in [0.1, 0.15) is 13.8 Å². The second-order valence-electron chi connectivity index (χ2n) is 1.84. The maximum absolute atomic E-state index is 8.50. The van der Waals surface area contributed by atoms with E-state index in [-0.39, 0.29) is 0 Å². The van der Waals surface area contributed by atoms with Gasteiger partial charge >= 0.3 is 0 Å². The Balaban J connectivity index is 3.14. The lowest BCUT2D eigenvalue weighted by Gasteiger charge is -2.07. The molecule has 0 amide bonds. The summed E-state index contributed by atoms with van der Waals surface area (Å²) in [5.74, 6) is 0.445. The van der Waals surface area contributed by atoms with Crippen molar-refractivity contribution in [2.45, 2.75) is 17.8 Å². The predicted molar refractivity (Wildman–Crippen MR) is 39.7 cm³/mol. The number of hydrogen-bond acceptors (Lipinski definition) is 1. The maximum atomic E-state index is 8.50. The van der Waals surface area contributed by atoms with E-state index in [9.17, 15) is 0 Å².